The molecule has 1 aromatic carbocycles. The van der Waals surface area contributed by atoms with Crippen LogP contribution in [-0.4, -0.2) is 63.6 Å². The van der Waals surface area contributed by atoms with Crippen LogP contribution in [0.1, 0.15) is 12.8 Å². The molecule has 1 N–H and O–H groups in total. The number of likely N-dealkylation sites (N-methyl/N-ethyl adjacent to an activating group) is 1. The molecule has 1 aliphatic rings. The van der Waals surface area contributed by atoms with Crippen molar-refractivity contribution in [1.82, 2.24) is 4.90 Å². The predicted octanol–water partition coefficient (Wildman–Crippen LogP) is 0.865. The fraction of sp³-hybridized carbons (Fsp3) is 0.471. The van der Waals surface area contributed by atoms with E-state index in [4.69, 9.17) is 4.74 Å². The van der Waals surface area contributed by atoms with Gasteiger partial charge >= 0.3 is 5.97 Å². The number of hydrogen-bond acceptors (Lipinski definition) is 6. The number of nitrogens with one attached hydrogen (secondary N) is 1. The molecule has 0 unspecified atom stereocenters. The maximum atomic E-state index is 12.2. The third-order valence-corrected chi connectivity index (χ3v) is 3.74. The Morgan fingerprint density at radius 2 is 2.08 bits per heavy atom. The van der Waals surface area contributed by atoms with Gasteiger partial charge in [-0.15, -0.1) is 0 Å². The lowest BCUT2D eigenvalue weighted by molar-refractivity contribution is -0.141. The van der Waals surface area contributed by atoms with Gasteiger partial charge in [-0.3, -0.25) is 14.4 Å². The molecule has 136 valence electrons. The van der Waals surface area contributed by atoms with Crippen LogP contribution >= 0.6 is 0 Å². The summed E-state index contributed by atoms with van der Waals surface area (Å²) in [6, 6.07) is 5.13. The summed E-state index contributed by atoms with van der Waals surface area (Å²) in [5.41, 5.74) is 1.17. The molecule has 1 aliphatic heterocycles. The van der Waals surface area contributed by atoms with Gasteiger partial charge in [0.05, 0.1) is 19.2 Å². The molecular weight excluding hydrogens is 326 g/mol. The average Bonchev–Trinajstić information content (AvgIpc) is 2.58. The number of anilines is 2. The first-order valence-corrected chi connectivity index (χ1v) is 7.99. The Balaban J connectivity index is 2.09. The van der Waals surface area contributed by atoms with Crippen LogP contribution in [0.3, 0.4) is 0 Å². The Kier molecular flexibility index (Phi) is 6.35. The van der Waals surface area contributed by atoms with Crippen LogP contribution in [0.25, 0.3) is 0 Å². The molecule has 0 spiro atoms. The van der Waals surface area contributed by atoms with Crippen LogP contribution in [0.4, 0.5) is 11.4 Å². The highest BCUT2D eigenvalue weighted by molar-refractivity contribution is 5.99. The van der Waals surface area contributed by atoms with E-state index >= 15 is 0 Å². The maximum absolute atomic E-state index is 12.2. The fourth-order valence-electron chi connectivity index (χ4n) is 2.37. The molecule has 1 aromatic rings. The summed E-state index contributed by atoms with van der Waals surface area (Å²) in [5.74, 6) is -0.253. The lowest BCUT2D eigenvalue weighted by Gasteiger charge is -2.30. The zero-order chi connectivity index (χ0) is 18.4. The van der Waals surface area contributed by atoms with Crippen molar-refractivity contribution in [2.45, 2.75) is 12.8 Å². The summed E-state index contributed by atoms with van der Waals surface area (Å²) < 4.78 is 9.96. The highest BCUT2D eigenvalue weighted by atomic mass is 16.5. The van der Waals surface area contributed by atoms with Crippen LogP contribution in [0.5, 0.6) is 5.75 Å². The zero-order valence-electron chi connectivity index (χ0n) is 14.7. The lowest BCUT2D eigenvalue weighted by Crippen LogP contribution is -2.42. The van der Waals surface area contributed by atoms with E-state index < -0.39 is 5.97 Å². The van der Waals surface area contributed by atoms with E-state index in [1.54, 1.807) is 23.1 Å². The summed E-state index contributed by atoms with van der Waals surface area (Å²) in [5, 5.41) is 2.72. The summed E-state index contributed by atoms with van der Waals surface area (Å²) in [6.07, 6.45) is 0.0490. The Morgan fingerprint density at radius 1 is 1.32 bits per heavy atom. The summed E-state index contributed by atoms with van der Waals surface area (Å²) in [7, 11) is 5.15. The number of carbonyl (C=O) groups is 3. The van der Waals surface area contributed by atoms with E-state index in [9.17, 15) is 14.4 Å². The molecule has 1 heterocycles. The minimum atomic E-state index is -0.436. The van der Waals surface area contributed by atoms with E-state index in [0.717, 1.165) is 0 Å². The Morgan fingerprint density at radius 3 is 2.76 bits per heavy atom. The molecule has 8 nitrogen and oxygen atoms in total. The van der Waals surface area contributed by atoms with Crippen LogP contribution in [0, 0.1) is 0 Å². The molecule has 2 amide bonds. The van der Waals surface area contributed by atoms with Gasteiger partial charge in [0.2, 0.25) is 5.91 Å². The largest absolute Gasteiger partial charge is 0.482 e. The third kappa shape index (κ3) is 5.18. The molecule has 0 aliphatic carbocycles. The topological polar surface area (TPSA) is 88.2 Å². The van der Waals surface area contributed by atoms with Gasteiger partial charge in [-0.05, 0) is 32.3 Å². The number of carbonyl (C=O) groups excluding carboxylic acids is 3. The minimum absolute atomic E-state index is 0.00522. The first-order chi connectivity index (χ1) is 11.9. The average molecular weight is 349 g/mol. The second-order valence-corrected chi connectivity index (χ2v) is 5.94. The SMILES string of the molecule is COC(=O)CCC(=O)Nc1ccc2c(c1)N(CCN(C)C)C(=O)CO2. The highest BCUT2D eigenvalue weighted by Gasteiger charge is 2.25. The smallest absolute Gasteiger partial charge is 0.306 e. The van der Waals surface area contributed by atoms with E-state index in [1.807, 2.05) is 19.0 Å². The number of amides is 2. The molecule has 0 saturated heterocycles. The number of methoxy groups -OCH3 is 1. The summed E-state index contributed by atoms with van der Waals surface area (Å²) in [4.78, 5) is 38.8. The lowest BCUT2D eigenvalue weighted by atomic mass is 10.2. The second-order valence-electron chi connectivity index (χ2n) is 5.94. The maximum Gasteiger partial charge on any atom is 0.306 e. The first-order valence-electron chi connectivity index (χ1n) is 7.99. The molecule has 0 aromatic heterocycles. The quantitative estimate of drug-likeness (QED) is 0.735. The van der Waals surface area contributed by atoms with Crippen molar-refractivity contribution in [3.63, 3.8) is 0 Å². The van der Waals surface area contributed by atoms with Gasteiger partial charge in [-0.2, -0.15) is 0 Å². The number of rotatable bonds is 7. The number of esters is 1. The Labute approximate surface area is 146 Å². The van der Waals surface area contributed by atoms with Gasteiger partial charge in [0.15, 0.2) is 6.61 Å². The van der Waals surface area contributed by atoms with Crippen molar-refractivity contribution in [3.8, 4) is 5.75 Å². The Hall–Kier alpha value is -2.61. The first kappa shape index (κ1) is 18.7. The molecule has 25 heavy (non-hydrogen) atoms. The van der Waals surface area contributed by atoms with Crippen molar-refractivity contribution >= 4 is 29.2 Å². The van der Waals surface area contributed by atoms with Crippen LogP contribution < -0.4 is 15.0 Å². The molecule has 8 heteroatoms. The third-order valence-electron chi connectivity index (χ3n) is 3.74. The zero-order valence-corrected chi connectivity index (χ0v) is 14.7. The van der Waals surface area contributed by atoms with E-state index in [2.05, 4.69) is 10.1 Å². The normalized spacial score (nSPS) is 13.3. The second kappa shape index (κ2) is 8.48. The molecule has 0 fully saturated rings. The molecule has 2 rings (SSSR count). The summed E-state index contributed by atoms with van der Waals surface area (Å²) in [6.45, 7) is 1.24. The Bertz CT molecular complexity index is 660. The molecular formula is C17H23N3O5. The number of ether oxygens (including phenoxy) is 2. The molecule has 0 bridgehead atoms. The fourth-order valence-corrected chi connectivity index (χ4v) is 2.37. The summed E-state index contributed by atoms with van der Waals surface area (Å²) >= 11 is 0. The number of hydrogen-bond donors (Lipinski definition) is 1. The van der Waals surface area contributed by atoms with Crippen molar-refractivity contribution < 1.29 is 23.9 Å². The van der Waals surface area contributed by atoms with Crippen LogP contribution in [0.2, 0.25) is 0 Å². The van der Waals surface area contributed by atoms with Gasteiger partial charge in [0, 0.05) is 25.2 Å². The van der Waals surface area contributed by atoms with Gasteiger partial charge in [-0.1, -0.05) is 0 Å². The molecule has 0 radical (unpaired) electrons. The van der Waals surface area contributed by atoms with E-state index in [1.165, 1.54) is 7.11 Å². The van der Waals surface area contributed by atoms with Crippen molar-refractivity contribution in [3.05, 3.63) is 18.2 Å². The van der Waals surface area contributed by atoms with Gasteiger partial charge < -0.3 is 24.6 Å². The monoisotopic (exact) mass is 349 g/mol. The van der Waals surface area contributed by atoms with Crippen molar-refractivity contribution in [1.29, 1.82) is 0 Å². The minimum Gasteiger partial charge on any atom is -0.482 e. The number of nitrogens with zero attached hydrogens (tertiary/aromatic N) is 2. The number of fused-ring (bicyclic) bond motifs is 1. The van der Waals surface area contributed by atoms with E-state index in [0.29, 0.717) is 30.2 Å². The van der Waals surface area contributed by atoms with Gasteiger partial charge in [0.25, 0.3) is 5.91 Å². The molecule has 0 saturated carbocycles. The molecule has 0 atom stereocenters. The van der Waals surface area contributed by atoms with Crippen LogP contribution in [0.15, 0.2) is 18.2 Å². The predicted molar refractivity (Wildman–Crippen MR) is 92.7 cm³/mol. The number of benzene rings is 1. The van der Waals surface area contributed by atoms with E-state index in [-0.39, 0.29) is 31.3 Å². The van der Waals surface area contributed by atoms with Gasteiger partial charge in [-0.25, -0.2) is 0 Å². The highest BCUT2D eigenvalue weighted by Crippen LogP contribution is 2.34. The van der Waals surface area contributed by atoms with Crippen molar-refractivity contribution in [2.75, 3.05) is 51.1 Å². The van der Waals surface area contributed by atoms with Gasteiger partial charge in [0.1, 0.15) is 5.75 Å². The van der Waals surface area contributed by atoms with Crippen molar-refractivity contribution in [2.24, 2.45) is 0 Å². The standard InChI is InChI=1S/C17H23N3O5/c1-19(2)8-9-20-13-10-12(4-5-14(13)25-11-16(20)22)18-15(21)6-7-17(23)24-3/h4-5,10H,6-9,11H2,1-3H3,(H,18,21). The van der Waals surface area contributed by atoms with Crippen LogP contribution in [-0.2, 0) is 19.1 Å².